The molecule has 0 aromatic carbocycles. The largest absolute Gasteiger partial charge is 0.387 e. The molecule has 6 nitrogen and oxygen atoms in total. The molecule has 0 saturated carbocycles. The molecule has 0 unspecified atom stereocenters. The Bertz CT molecular complexity index is 390. The highest BCUT2D eigenvalue weighted by Gasteiger charge is 2.10. The Kier molecular flexibility index (Phi) is 7.43. The molecule has 0 radical (unpaired) electrons. The van der Waals surface area contributed by atoms with Gasteiger partial charge in [0.15, 0.2) is 0 Å². The average molecular weight is 252 g/mol. The standard InChI is InChI=1S/C8H10O3.C4H2O3/c1-3-5-7(9)11-8(10)6-4-2;5-3-1-2-4(6)7-3/h3-6H,1-2H3;1-2H. The number of carbonyl (C=O) groups is 4. The number of cyclic esters (lactones) is 2. The van der Waals surface area contributed by atoms with Gasteiger partial charge in [0.1, 0.15) is 0 Å². The van der Waals surface area contributed by atoms with Crippen LogP contribution >= 0.6 is 0 Å². The first-order chi connectivity index (χ1) is 8.49. The lowest BCUT2D eigenvalue weighted by Crippen LogP contribution is -2.06. The van der Waals surface area contributed by atoms with E-state index < -0.39 is 23.9 Å². The molecule has 96 valence electrons. The smallest absolute Gasteiger partial charge is 0.338 e. The van der Waals surface area contributed by atoms with E-state index in [0.717, 1.165) is 12.2 Å². The van der Waals surface area contributed by atoms with E-state index in [9.17, 15) is 19.2 Å². The van der Waals surface area contributed by atoms with E-state index in [1.807, 2.05) is 0 Å². The van der Waals surface area contributed by atoms with Crippen LogP contribution in [0.2, 0.25) is 0 Å². The van der Waals surface area contributed by atoms with Crippen LogP contribution in [0.15, 0.2) is 36.5 Å². The molecule has 1 heterocycles. The molecule has 0 aliphatic carbocycles. The zero-order valence-corrected chi connectivity index (χ0v) is 9.91. The summed E-state index contributed by atoms with van der Waals surface area (Å²) in [4.78, 5) is 41.0. The van der Waals surface area contributed by atoms with Gasteiger partial charge in [-0.25, -0.2) is 19.2 Å². The summed E-state index contributed by atoms with van der Waals surface area (Å²) in [7, 11) is 0. The molecule has 0 aromatic heterocycles. The van der Waals surface area contributed by atoms with Gasteiger partial charge in [0, 0.05) is 24.3 Å². The lowest BCUT2D eigenvalue weighted by atomic mass is 10.5. The Hall–Kier alpha value is -2.50. The van der Waals surface area contributed by atoms with Crippen molar-refractivity contribution in [2.75, 3.05) is 0 Å². The summed E-state index contributed by atoms with van der Waals surface area (Å²) in [6, 6.07) is 0. The van der Waals surface area contributed by atoms with Gasteiger partial charge in [-0.15, -0.1) is 0 Å². The lowest BCUT2D eigenvalue weighted by molar-refractivity contribution is -0.153. The minimum Gasteiger partial charge on any atom is -0.387 e. The SMILES string of the molecule is CC=CC(=O)OC(=O)C=CC.O=C1C=CC(=O)O1. The van der Waals surface area contributed by atoms with E-state index in [0.29, 0.717) is 0 Å². The van der Waals surface area contributed by atoms with Gasteiger partial charge in [0.05, 0.1) is 0 Å². The monoisotopic (exact) mass is 252 g/mol. The molecule has 6 heteroatoms. The maximum atomic E-state index is 10.6. The Morgan fingerprint density at radius 1 is 1.00 bits per heavy atom. The van der Waals surface area contributed by atoms with E-state index >= 15 is 0 Å². The zero-order valence-electron chi connectivity index (χ0n) is 9.91. The topological polar surface area (TPSA) is 86.7 Å². The zero-order chi connectivity index (χ0) is 14.0. The fourth-order valence-corrected chi connectivity index (χ4v) is 0.743. The molecule has 1 aliphatic rings. The summed E-state index contributed by atoms with van der Waals surface area (Å²) < 4.78 is 8.25. The molecular formula is C12H12O6. The van der Waals surface area contributed by atoms with Gasteiger partial charge in [0.2, 0.25) is 0 Å². The maximum Gasteiger partial charge on any atom is 0.338 e. The molecule has 18 heavy (non-hydrogen) atoms. The molecule has 0 N–H and O–H groups in total. The second-order valence-corrected chi connectivity index (χ2v) is 2.81. The predicted octanol–water partition coefficient (Wildman–Crippen LogP) is 0.834. The van der Waals surface area contributed by atoms with E-state index in [1.165, 1.54) is 24.3 Å². The molecule has 0 aromatic rings. The van der Waals surface area contributed by atoms with E-state index in [-0.39, 0.29) is 0 Å². The fourth-order valence-electron chi connectivity index (χ4n) is 0.743. The van der Waals surface area contributed by atoms with Gasteiger partial charge in [-0.3, -0.25) is 0 Å². The van der Waals surface area contributed by atoms with Crippen molar-refractivity contribution < 1.29 is 28.7 Å². The number of hydrogen-bond donors (Lipinski definition) is 0. The Morgan fingerprint density at radius 3 is 1.61 bits per heavy atom. The fraction of sp³-hybridized carbons (Fsp3) is 0.167. The van der Waals surface area contributed by atoms with Crippen molar-refractivity contribution >= 4 is 23.9 Å². The Labute approximate surface area is 104 Å². The second kappa shape index (κ2) is 8.63. The summed E-state index contributed by atoms with van der Waals surface area (Å²) >= 11 is 0. The molecule has 0 fully saturated rings. The number of ether oxygens (including phenoxy) is 2. The molecule has 0 atom stereocenters. The van der Waals surface area contributed by atoms with Gasteiger partial charge < -0.3 is 9.47 Å². The van der Waals surface area contributed by atoms with Crippen LogP contribution in [0.1, 0.15) is 13.8 Å². The number of allylic oxidation sites excluding steroid dienone is 2. The van der Waals surface area contributed by atoms with Crippen LogP contribution in [0.4, 0.5) is 0 Å². The van der Waals surface area contributed by atoms with Crippen LogP contribution in [0, 0.1) is 0 Å². The Balaban J connectivity index is 0.000000351. The summed E-state index contributed by atoms with van der Waals surface area (Å²) in [6.45, 7) is 3.34. The number of carbonyl (C=O) groups excluding carboxylic acids is 4. The van der Waals surface area contributed by atoms with Crippen molar-refractivity contribution in [2.24, 2.45) is 0 Å². The van der Waals surface area contributed by atoms with Gasteiger partial charge in [0.25, 0.3) is 0 Å². The minimum absolute atomic E-state index is 0.579. The van der Waals surface area contributed by atoms with Crippen molar-refractivity contribution in [3.8, 4) is 0 Å². The highest BCUT2D eigenvalue weighted by Crippen LogP contribution is 1.92. The minimum atomic E-state index is -0.643. The van der Waals surface area contributed by atoms with E-state index in [4.69, 9.17) is 0 Å². The summed E-state index contributed by atoms with van der Waals surface area (Å²) in [5, 5.41) is 0. The molecule has 1 rings (SSSR count). The summed E-state index contributed by atoms with van der Waals surface area (Å²) in [5.41, 5.74) is 0. The highest BCUT2D eigenvalue weighted by atomic mass is 16.6. The molecular weight excluding hydrogens is 240 g/mol. The van der Waals surface area contributed by atoms with Crippen molar-refractivity contribution in [1.29, 1.82) is 0 Å². The quantitative estimate of drug-likeness (QED) is 0.411. The third-order valence-corrected chi connectivity index (χ3v) is 1.36. The molecule has 0 spiro atoms. The third-order valence-electron chi connectivity index (χ3n) is 1.36. The number of hydrogen-bond acceptors (Lipinski definition) is 6. The molecule has 0 bridgehead atoms. The molecule has 0 saturated heterocycles. The third kappa shape index (κ3) is 7.75. The number of rotatable bonds is 2. The Morgan fingerprint density at radius 2 is 1.39 bits per heavy atom. The summed E-state index contributed by atoms with van der Waals surface area (Å²) in [6.07, 6.45) is 7.55. The predicted molar refractivity (Wildman–Crippen MR) is 61.0 cm³/mol. The summed E-state index contributed by atoms with van der Waals surface area (Å²) in [5.74, 6) is -2.44. The van der Waals surface area contributed by atoms with Crippen LogP contribution in [0.3, 0.4) is 0 Å². The van der Waals surface area contributed by atoms with Crippen LogP contribution < -0.4 is 0 Å². The van der Waals surface area contributed by atoms with E-state index in [2.05, 4.69) is 9.47 Å². The number of esters is 4. The van der Waals surface area contributed by atoms with Crippen molar-refractivity contribution in [3.63, 3.8) is 0 Å². The van der Waals surface area contributed by atoms with Crippen LogP contribution in [0.25, 0.3) is 0 Å². The second-order valence-electron chi connectivity index (χ2n) is 2.81. The first-order valence-electron chi connectivity index (χ1n) is 4.94. The van der Waals surface area contributed by atoms with Gasteiger partial charge >= 0.3 is 23.9 Å². The lowest BCUT2D eigenvalue weighted by Gasteiger charge is -1.91. The van der Waals surface area contributed by atoms with Crippen molar-refractivity contribution in [1.82, 2.24) is 0 Å². The highest BCUT2D eigenvalue weighted by molar-refractivity contribution is 6.04. The van der Waals surface area contributed by atoms with Crippen LogP contribution in [0.5, 0.6) is 0 Å². The van der Waals surface area contributed by atoms with Crippen LogP contribution in [-0.2, 0) is 28.7 Å². The van der Waals surface area contributed by atoms with Crippen molar-refractivity contribution in [3.05, 3.63) is 36.5 Å². The van der Waals surface area contributed by atoms with Gasteiger partial charge in [-0.05, 0) is 13.8 Å². The van der Waals surface area contributed by atoms with Gasteiger partial charge in [-0.2, -0.15) is 0 Å². The average Bonchev–Trinajstić information content (AvgIpc) is 2.63. The maximum absolute atomic E-state index is 10.6. The molecule has 0 amide bonds. The molecule has 1 aliphatic heterocycles. The van der Waals surface area contributed by atoms with Crippen molar-refractivity contribution in [2.45, 2.75) is 13.8 Å². The van der Waals surface area contributed by atoms with Crippen LogP contribution in [-0.4, -0.2) is 23.9 Å². The normalized spacial score (nSPS) is 13.4. The first-order valence-corrected chi connectivity index (χ1v) is 4.94. The van der Waals surface area contributed by atoms with E-state index in [1.54, 1.807) is 13.8 Å². The first kappa shape index (κ1) is 15.5. The van der Waals surface area contributed by atoms with Gasteiger partial charge in [-0.1, -0.05) is 12.2 Å².